The number of benzene rings is 2. The molecule has 2 aromatic rings. The quantitative estimate of drug-likeness (QED) is 0.885. The molecule has 2 rings (SSSR count). The molecule has 7 heteroatoms. The Balaban J connectivity index is 1.85. The molecule has 0 aliphatic heterocycles. The van der Waals surface area contributed by atoms with E-state index in [0.717, 1.165) is 23.3 Å². The maximum absolute atomic E-state index is 12.0. The Morgan fingerprint density at radius 1 is 1.13 bits per heavy atom. The zero-order valence-corrected chi connectivity index (χ0v) is 12.3. The van der Waals surface area contributed by atoms with Crippen LogP contribution in [0.1, 0.15) is 11.1 Å². The number of aryl methyl sites for hydroxylation is 1. The first-order valence-corrected chi connectivity index (χ1v) is 6.78. The van der Waals surface area contributed by atoms with Gasteiger partial charge in [0, 0.05) is 12.2 Å². The molecule has 122 valence electrons. The summed E-state index contributed by atoms with van der Waals surface area (Å²) in [6, 6.07) is 12.1. The van der Waals surface area contributed by atoms with E-state index in [-0.39, 0.29) is 5.75 Å². The van der Waals surface area contributed by atoms with Crippen LogP contribution < -0.4 is 15.4 Å². The largest absolute Gasteiger partial charge is 0.573 e. The summed E-state index contributed by atoms with van der Waals surface area (Å²) in [5, 5.41) is 5.20. The summed E-state index contributed by atoms with van der Waals surface area (Å²) in [5.41, 5.74) is 2.40. The Morgan fingerprint density at radius 2 is 1.83 bits per heavy atom. The van der Waals surface area contributed by atoms with Crippen LogP contribution in [0.2, 0.25) is 0 Å². The molecule has 0 spiro atoms. The molecule has 0 atom stereocenters. The molecule has 0 fully saturated rings. The average molecular weight is 324 g/mol. The van der Waals surface area contributed by atoms with Crippen LogP contribution in [0.25, 0.3) is 0 Å². The molecule has 0 saturated heterocycles. The number of urea groups is 1. The summed E-state index contributed by atoms with van der Waals surface area (Å²) in [6.07, 6.45) is -4.74. The summed E-state index contributed by atoms with van der Waals surface area (Å²) < 4.78 is 39.9. The van der Waals surface area contributed by atoms with E-state index in [4.69, 9.17) is 0 Å². The summed E-state index contributed by atoms with van der Waals surface area (Å²) in [4.78, 5) is 11.8. The zero-order valence-electron chi connectivity index (χ0n) is 12.3. The van der Waals surface area contributed by atoms with Crippen LogP contribution in [-0.2, 0) is 6.54 Å². The number of rotatable bonds is 4. The van der Waals surface area contributed by atoms with Crippen molar-refractivity contribution in [1.82, 2.24) is 5.32 Å². The highest BCUT2D eigenvalue weighted by Gasteiger charge is 2.30. The molecular weight excluding hydrogens is 309 g/mol. The van der Waals surface area contributed by atoms with Crippen LogP contribution in [0.15, 0.2) is 48.5 Å². The van der Waals surface area contributed by atoms with Gasteiger partial charge in [-0.1, -0.05) is 29.8 Å². The number of carbonyl (C=O) groups excluding carboxylic acids is 1. The third kappa shape index (κ3) is 5.90. The highest BCUT2D eigenvalue weighted by atomic mass is 19.4. The first kappa shape index (κ1) is 16.7. The van der Waals surface area contributed by atoms with E-state index in [2.05, 4.69) is 15.4 Å². The Labute approximate surface area is 131 Å². The van der Waals surface area contributed by atoms with E-state index >= 15 is 0 Å². The van der Waals surface area contributed by atoms with Crippen molar-refractivity contribution in [1.29, 1.82) is 0 Å². The number of nitrogens with one attached hydrogen (secondary N) is 2. The second-order valence-electron chi connectivity index (χ2n) is 4.87. The molecule has 2 amide bonds. The summed E-state index contributed by atoms with van der Waals surface area (Å²) in [7, 11) is 0. The van der Waals surface area contributed by atoms with Gasteiger partial charge in [-0.3, -0.25) is 0 Å². The van der Waals surface area contributed by atoms with Crippen molar-refractivity contribution in [2.24, 2.45) is 0 Å². The number of anilines is 1. The minimum Gasteiger partial charge on any atom is -0.406 e. The smallest absolute Gasteiger partial charge is 0.406 e. The fourth-order valence-electron chi connectivity index (χ4n) is 1.92. The Kier molecular flexibility index (Phi) is 5.10. The maximum atomic E-state index is 12.0. The van der Waals surface area contributed by atoms with Crippen molar-refractivity contribution in [3.63, 3.8) is 0 Å². The van der Waals surface area contributed by atoms with E-state index in [1.165, 1.54) is 12.1 Å². The number of halogens is 3. The number of ether oxygens (including phenoxy) is 1. The molecule has 0 saturated carbocycles. The molecule has 0 aliphatic rings. The summed E-state index contributed by atoms with van der Waals surface area (Å²) >= 11 is 0. The minimum absolute atomic E-state index is 0.344. The normalized spacial score (nSPS) is 11.0. The fourth-order valence-corrected chi connectivity index (χ4v) is 1.92. The molecule has 23 heavy (non-hydrogen) atoms. The van der Waals surface area contributed by atoms with Crippen molar-refractivity contribution in [3.8, 4) is 5.75 Å². The molecule has 0 aromatic heterocycles. The van der Waals surface area contributed by atoms with E-state index in [1.54, 1.807) is 0 Å². The molecular formula is C16H15F3N2O2. The zero-order chi connectivity index (χ0) is 16.9. The predicted octanol–water partition coefficient (Wildman–Crippen LogP) is 4.22. The standard InChI is InChI=1S/C16H15F3N2O2/c1-11-3-2-4-12(9-11)10-20-15(22)21-13-5-7-14(8-6-13)23-16(17,18)19/h2-9H,10H2,1H3,(H2,20,21,22). The molecule has 2 N–H and O–H groups in total. The van der Waals surface area contributed by atoms with E-state index in [1.807, 2.05) is 31.2 Å². The lowest BCUT2D eigenvalue weighted by atomic mass is 10.1. The van der Waals surface area contributed by atoms with Crippen LogP contribution in [0.4, 0.5) is 23.7 Å². The van der Waals surface area contributed by atoms with Gasteiger partial charge in [-0.05, 0) is 36.8 Å². The first-order valence-electron chi connectivity index (χ1n) is 6.78. The maximum Gasteiger partial charge on any atom is 0.573 e. The molecule has 0 bridgehead atoms. The van der Waals surface area contributed by atoms with E-state index in [0.29, 0.717) is 12.2 Å². The lowest BCUT2D eigenvalue weighted by Crippen LogP contribution is -2.28. The molecule has 0 radical (unpaired) electrons. The van der Waals surface area contributed by atoms with E-state index < -0.39 is 12.4 Å². The van der Waals surface area contributed by atoms with Gasteiger partial charge in [0.25, 0.3) is 0 Å². The van der Waals surface area contributed by atoms with Crippen molar-refractivity contribution >= 4 is 11.7 Å². The second kappa shape index (κ2) is 7.04. The van der Waals surface area contributed by atoms with Gasteiger partial charge in [-0.15, -0.1) is 13.2 Å². The van der Waals surface area contributed by atoms with Gasteiger partial charge in [-0.2, -0.15) is 0 Å². The van der Waals surface area contributed by atoms with Crippen LogP contribution in [0, 0.1) is 6.92 Å². The number of hydrogen-bond donors (Lipinski definition) is 2. The Bertz CT molecular complexity index is 670. The van der Waals surface area contributed by atoms with Crippen molar-refractivity contribution in [3.05, 3.63) is 59.7 Å². The highest BCUT2D eigenvalue weighted by Crippen LogP contribution is 2.23. The number of hydrogen-bond acceptors (Lipinski definition) is 2. The number of amides is 2. The second-order valence-corrected chi connectivity index (χ2v) is 4.87. The van der Waals surface area contributed by atoms with Gasteiger partial charge < -0.3 is 15.4 Å². The van der Waals surface area contributed by atoms with E-state index in [9.17, 15) is 18.0 Å². The fraction of sp³-hybridized carbons (Fsp3) is 0.188. The molecule has 4 nitrogen and oxygen atoms in total. The summed E-state index contributed by atoms with van der Waals surface area (Å²) in [5.74, 6) is -0.344. The SMILES string of the molecule is Cc1cccc(CNC(=O)Nc2ccc(OC(F)(F)F)cc2)c1. The van der Waals surface area contributed by atoms with Gasteiger partial charge in [0.15, 0.2) is 0 Å². The average Bonchev–Trinajstić information content (AvgIpc) is 2.46. The van der Waals surface area contributed by atoms with Gasteiger partial charge in [-0.25, -0.2) is 4.79 Å². The van der Waals surface area contributed by atoms with Crippen LogP contribution >= 0.6 is 0 Å². The monoisotopic (exact) mass is 324 g/mol. The van der Waals surface area contributed by atoms with Gasteiger partial charge in [0.1, 0.15) is 5.75 Å². The van der Waals surface area contributed by atoms with Crippen LogP contribution in [-0.4, -0.2) is 12.4 Å². The van der Waals surface area contributed by atoms with Gasteiger partial charge >= 0.3 is 12.4 Å². The van der Waals surface area contributed by atoms with Gasteiger partial charge in [0.05, 0.1) is 0 Å². The molecule has 0 aliphatic carbocycles. The number of carbonyl (C=O) groups is 1. The third-order valence-electron chi connectivity index (χ3n) is 2.88. The predicted molar refractivity (Wildman–Crippen MR) is 80.2 cm³/mol. The van der Waals surface area contributed by atoms with Crippen molar-refractivity contribution in [2.45, 2.75) is 19.8 Å². The molecule has 0 unspecified atom stereocenters. The Morgan fingerprint density at radius 3 is 2.43 bits per heavy atom. The van der Waals surface area contributed by atoms with Gasteiger partial charge in [0.2, 0.25) is 0 Å². The lowest BCUT2D eigenvalue weighted by molar-refractivity contribution is -0.274. The molecule has 2 aromatic carbocycles. The first-order chi connectivity index (χ1) is 10.8. The lowest BCUT2D eigenvalue weighted by Gasteiger charge is -2.10. The van der Waals surface area contributed by atoms with Crippen molar-refractivity contribution in [2.75, 3.05) is 5.32 Å². The topological polar surface area (TPSA) is 50.4 Å². The van der Waals surface area contributed by atoms with Crippen LogP contribution in [0.3, 0.4) is 0 Å². The van der Waals surface area contributed by atoms with Crippen molar-refractivity contribution < 1.29 is 22.7 Å². The highest BCUT2D eigenvalue weighted by molar-refractivity contribution is 5.89. The summed E-state index contributed by atoms with van der Waals surface area (Å²) in [6.45, 7) is 2.30. The number of alkyl halides is 3. The Hall–Kier alpha value is -2.70. The molecule has 0 heterocycles. The van der Waals surface area contributed by atoms with Crippen LogP contribution in [0.5, 0.6) is 5.75 Å². The third-order valence-corrected chi connectivity index (χ3v) is 2.88. The minimum atomic E-state index is -4.74.